The number of aliphatic hydroxyl groups is 1. The molecule has 0 amide bonds. The van der Waals surface area contributed by atoms with Crippen LogP contribution in [-0.2, 0) is 11.3 Å². The molecule has 0 radical (unpaired) electrons. The molecule has 0 saturated carbocycles. The predicted octanol–water partition coefficient (Wildman–Crippen LogP) is 2.05. The highest BCUT2D eigenvalue weighted by Crippen LogP contribution is 2.16. The van der Waals surface area contributed by atoms with Gasteiger partial charge in [-0.2, -0.15) is 0 Å². The number of hydrogen-bond acceptors (Lipinski definition) is 5. The summed E-state index contributed by atoms with van der Waals surface area (Å²) in [7, 11) is 1.33. The van der Waals surface area contributed by atoms with Gasteiger partial charge in [-0.15, -0.1) is 0 Å². The van der Waals surface area contributed by atoms with Crippen molar-refractivity contribution in [3.63, 3.8) is 0 Å². The number of hydrogen-bond donors (Lipinski definition) is 1. The lowest BCUT2D eigenvalue weighted by Gasteiger charge is -2.28. The van der Waals surface area contributed by atoms with Gasteiger partial charge >= 0.3 is 5.97 Å². The van der Waals surface area contributed by atoms with Crippen LogP contribution in [0, 0.1) is 0 Å². The molecular weight excluding hydrogens is 246 g/mol. The molecule has 0 atom stereocenters. The fraction of sp³-hybridized carbons (Fsp3) is 0.643. The van der Waals surface area contributed by atoms with Crippen molar-refractivity contribution in [2.24, 2.45) is 0 Å². The molecule has 19 heavy (non-hydrogen) atoms. The van der Waals surface area contributed by atoms with Crippen molar-refractivity contribution < 1.29 is 19.1 Å². The maximum Gasteiger partial charge on any atom is 0.373 e. The van der Waals surface area contributed by atoms with E-state index in [2.05, 4.69) is 23.5 Å². The van der Waals surface area contributed by atoms with Crippen molar-refractivity contribution in [3.05, 3.63) is 23.7 Å². The molecule has 1 aromatic rings. The van der Waals surface area contributed by atoms with E-state index < -0.39 is 5.97 Å². The summed E-state index contributed by atoms with van der Waals surface area (Å²) in [6, 6.07) is 3.79. The average molecular weight is 269 g/mol. The molecule has 1 aromatic heterocycles. The number of carbonyl (C=O) groups is 1. The van der Waals surface area contributed by atoms with Gasteiger partial charge in [-0.3, -0.25) is 4.90 Å². The van der Waals surface area contributed by atoms with Gasteiger partial charge in [0.15, 0.2) is 0 Å². The fourth-order valence-corrected chi connectivity index (χ4v) is 2.20. The number of methoxy groups -OCH3 is 1. The third kappa shape index (κ3) is 4.36. The summed E-state index contributed by atoms with van der Waals surface area (Å²) in [5.41, 5.74) is 0. The van der Waals surface area contributed by atoms with Gasteiger partial charge in [0.05, 0.1) is 20.3 Å². The standard InChI is InChI=1S/C14H23NO4/c1-4-11(5-2)15(8-9-16)10-12-6-7-13(19-12)14(17)18-3/h6-7,11,16H,4-5,8-10H2,1-3H3. The van der Waals surface area contributed by atoms with Crippen LogP contribution in [0.2, 0.25) is 0 Å². The van der Waals surface area contributed by atoms with Crippen LogP contribution in [0.15, 0.2) is 16.5 Å². The van der Waals surface area contributed by atoms with Gasteiger partial charge in [-0.05, 0) is 25.0 Å². The smallest absolute Gasteiger partial charge is 0.373 e. The first-order valence-corrected chi connectivity index (χ1v) is 6.68. The maximum atomic E-state index is 11.3. The molecule has 5 nitrogen and oxygen atoms in total. The summed E-state index contributed by atoms with van der Waals surface area (Å²) in [4.78, 5) is 13.5. The van der Waals surface area contributed by atoms with Crippen LogP contribution >= 0.6 is 0 Å². The lowest BCUT2D eigenvalue weighted by molar-refractivity contribution is 0.0558. The number of aliphatic hydroxyl groups excluding tert-OH is 1. The summed E-state index contributed by atoms with van der Waals surface area (Å²) in [6.45, 7) is 5.55. The molecule has 0 bridgehead atoms. The Morgan fingerprint density at radius 2 is 2.11 bits per heavy atom. The Balaban J connectivity index is 2.73. The highest BCUT2D eigenvalue weighted by atomic mass is 16.5. The zero-order valence-corrected chi connectivity index (χ0v) is 11.9. The lowest BCUT2D eigenvalue weighted by Crippen LogP contribution is -2.36. The minimum Gasteiger partial charge on any atom is -0.463 e. The van der Waals surface area contributed by atoms with Crippen LogP contribution in [-0.4, -0.2) is 42.3 Å². The quantitative estimate of drug-likeness (QED) is 0.732. The highest BCUT2D eigenvalue weighted by Gasteiger charge is 2.18. The average Bonchev–Trinajstić information content (AvgIpc) is 2.88. The molecule has 108 valence electrons. The van der Waals surface area contributed by atoms with E-state index in [-0.39, 0.29) is 12.4 Å². The van der Waals surface area contributed by atoms with Crippen molar-refractivity contribution in [2.75, 3.05) is 20.3 Å². The van der Waals surface area contributed by atoms with E-state index in [4.69, 9.17) is 9.52 Å². The maximum absolute atomic E-state index is 11.3. The summed E-state index contributed by atoms with van der Waals surface area (Å²) in [5, 5.41) is 9.14. The molecule has 5 heteroatoms. The Kier molecular flexibility index (Phi) is 6.59. The van der Waals surface area contributed by atoms with Gasteiger partial charge in [-0.1, -0.05) is 13.8 Å². The van der Waals surface area contributed by atoms with E-state index in [1.54, 1.807) is 12.1 Å². The second kappa shape index (κ2) is 7.96. The molecule has 0 aromatic carbocycles. The third-order valence-corrected chi connectivity index (χ3v) is 3.25. The van der Waals surface area contributed by atoms with Gasteiger partial charge in [0.1, 0.15) is 5.76 Å². The van der Waals surface area contributed by atoms with Gasteiger partial charge < -0.3 is 14.3 Å². The van der Waals surface area contributed by atoms with Gasteiger partial charge in [0, 0.05) is 12.6 Å². The summed E-state index contributed by atoms with van der Waals surface area (Å²) < 4.78 is 10.1. The summed E-state index contributed by atoms with van der Waals surface area (Å²) in [5.74, 6) is 0.453. The van der Waals surface area contributed by atoms with E-state index in [0.717, 1.165) is 12.8 Å². The third-order valence-electron chi connectivity index (χ3n) is 3.25. The minimum absolute atomic E-state index is 0.112. The van der Waals surface area contributed by atoms with Crippen molar-refractivity contribution >= 4 is 5.97 Å². The fourth-order valence-electron chi connectivity index (χ4n) is 2.20. The molecule has 1 rings (SSSR count). The summed E-state index contributed by atoms with van der Waals surface area (Å²) in [6.07, 6.45) is 2.03. The second-order valence-corrected chi connectivity index (χ2v) is 4.42. The van der Waals surface area contributed by atoms with Gasteiger partial charge in [0.25, 0.3) is 0 Å². The number of furan rings is 1. The van der Waals surface area contributed by atoms with Crippen LogP contribution in [0.5, 0.6) is 0 Å². The molecular formula is C14H23NO4. The molecule has 1 heterocycles. The molecule has 0 spiro atoms. The molecule has 0 aliphatic carbocycles. The second-order valence-electron chi connectivity index (χ2n) is 4.42. The van der Waals surface area contributed by atoms with E-state index in [0.29, 0.717) is 24.9 Å². The monoisotopic (exact) mass is 269 g/mol. The van der Waals surface area contributed by atoms with Crippen molar-refractivity contribution in [1.82, 2.24) is 4.90 Å². The Bertz CT molecular complexity index is 385. The van der Waals surface area contributed by atoms with E-state index in [9.17, 15) is 4.79 Å². The molecule has 0 aliphatic heterocycles. The zero-order chi connectivity index (χ0) is 14.3. The Morgan fingerprint density at radius 1 is 1.42 bits per heavy atom. The van der Waals surface area contributed by atoms with E-state index >= 15 is 0 Å². The molecule has 0 aliphatic rings. The first kappa shape index (κ1) is 15.7. The molecule has 0 unspecified atom stereocenters. The van der Waals surface area contributed by atoms with Crippen LogP contribution in [0.3, 0.4) is 0 Å². The highest BCUT2D eigenvalue weighted by molar-refractivity contribution is 5.86. The zero-order valence-electron chi connectivity index (χ0n) is 11.9. The number of carbonyl (C=O) groups excluding carboxylic acids is 1. The number of rotatable bonds is 8. The number of ether oxygens (including phenoxy) is 1. The number of esters is 1. The Hall–Kier alpha value is -1.33. The predicted molar refractivity (Wildman–Crippen MR) is 71.9 cm³/mol. The van der Waals surface area contributed by atoms with Crippen molar-refractivity contribution in [2.45, 2.75) is 39.3 Å². The first-order valence-electron chi connectivity index (χ1n) is 6.68. The van der Waals surface area contributed by atoms with E-state index in [1.165, 1.54) is 7.11 Å². The summed E-state index contributed by atoms with van der Waals surface area (Å²) >= 11 is 0. The largest absolute Gasteiger partial charge is 0.463 e. The normalized spacial score (nSPS) is 11.3. The topological polar surface area (TPSA) is 62.9 Å². The molecule has 1 N–H and O–H groups in total. The minimum atomic E-state index is -0.470. The molecule has 0 saturated heterocycles. The Morgan fingerprint density at radius 3 is 2.63 bits per heavy atom. The lowest BCUT2D eigenvalue weighted by atomic mass is 10.1. The van der Waals surface area contributed by atoms with Crippen molar-refractivity contribution in [3.8, 4) is 0 Å². The van der Waals surface area contributed by atoms with Crippen LogP contribution < -0.4 is 0 Å². The van der Waals surface area contributed by atoms with Crippen LogP contribution in [0.4, 0.5) is 0 Å². The SMILES string of the molecule is CCC(CC)N(CCO)Cc1ccc(C(=O)OC)o1. The number of nitrogens with zero attached hydrogens (tertiary/aromatic N) is 1. The van der Waals surface area contributed by atoms with Crippen molar-refractivity contribution in [1.29, 1.82) is 0 Å². The van der Waals surface area contributed by atoms with Crippen LogP contribution in [0.1, 0.15) is 43.0 Å². The first-order chi connectivity index (χ1) is 9.15. The van der Waals surface area contributed by atoms with Gasteiger partial charge in [-0.25, -0.2) is 4.79 Å². The van der Waals surface area contributed by atoms with E-state index in [1.807, 2.05) is 0 Å². The molecule has 0 fully saturated rings. The van der Waals surface area contributed by atoms with Crippen LogP contribution in [0.25, 0.3) is 0 Å². The Labute approximate surface area is 114 Å². The van der Waals surface area contributed by atoms with Gasteiger partial charge in [0.2, 0.25) is 5.76 Å².